The first-order valence-electron chi connectivity index (χ1n) is 25.9. The molecular formula is C53H73N9O7. The van der Waals surface area contributed by atoms with Crippen LogP contribution in [-0.2, 0) is 46.5 Å². The van der Waals surface area contributed by atoms with E-state index in [-0.39, 0.29) is 84.7 Å². The fourth-order valence-corrected chi connectivity index (χ4v) is 11.3. The van der Waals surface area contributed by atoms with Crippen molar-refractivity contribution in [3.63, 3.8) is 0 Å². The van der Waals surface area contributed by atoms with Crippen LogP contribution in [0.15, 0.2) is 60.8 Å². The molecule has 4 N–H and O–H groups in total. The largest absolute Gasteiger partial charge is 0.373 e. The third-order valence-corrected chi connectivity index (χ3v) is 15.8. The third-order valence-electron chi connectivity index (χ3n) is 15.8. The van der Waals surface area contributed by atoms with Crippen molar-refractivity contribution in [1.29, 1.82) is 0 Å². The molecule has 5 aliphatic rings. The summed E-state index contributed by atoms with van der Waals surface area (Å²) in [5, 5.41) is 21.7. The molecule has 0 bridgehead atoms. The lowest BCUT2D eigenvalue weighted by molar-refractivity contribution is -0.145. The van der Waals surface area contributed by atoms with Gasteiger partial charge < -0.3 is 35.8 Å². The highest BCUT2D eigenvalue weighted by atomic mass is 16.5. The van der Waals surface area contributed by atoms with Gasteiger partial charge in [-0.2, -0.15) is 0 Å². The summed E-state index contributed by atoms with van der Waals surface area (Å²) >= 11 is 0. The Hall–Kier alpha value is -5.64. The molecule has 1 aliphatic carbocycles. The molecule has 1 aromatic heterocycles. The second-order valence-electron chi connectivity index (χ2n) is 20.3. The number of benzene rings is 2. The number of amides is 6. The second-order valence-corrected chi connectivity index (χ2v) is 20.3. The molecule has 2 aromatic carbocycles. The van der Waals surface area contributed by atoms with E-state index in [1.165, 1.54) is 5.56 Å². The topological polar surface area (TPSA) is 197 Å². The van der Waals surface area contributed by atoms with Crippen molar-refractivity contribution in [2.75, 3.05) is 6.61 Å². The number of fused-ring (bicyclic) bond motifs is 3. The molecule has 3 aromatic rings. The molecule has 16 heteroatoms. The number of nitrogens with one attached hydrogen (secondary N) is 4. The Morgan fingerprint density at radius 2 is 1.28 bits per heavy atom. The van der Waals surface area contributed by atoms with E-state index < -0.39 is 30.2 Å². The van der Waals surface area contributed by atoms with E-state index in [4.69, 9.17) is 4.74 Å². The van der Waals surface area contributed by atoms with Crippen LogP contribution in [0, 0.1) is 11.8 Å². The zero-order chi connectivity index (χ0) is 48.6. The quantitative estimate of drug-likeness (QED) is 0.135. The van der Waals surface area contributed by atoms with E-state index in [9.17, 15) is 28.8 Å². The van der Waals surface area contributed by atoms with Crippen LogP contribution < -0.4 is 21.3 Å². The lowest BCUT2D eigenvalue weighted by Gasteiger charge is -2.38. The predicted octanol–water partition coefficient (Wildman–Crippen LogP) is 5.93. The van der Waals surface area contributed by atoms with Crippen molar-refractivity contribution >= 4 is 35.4 Å². The first-order valence-corrected chi connectivity index (χ1v) is 25.9. The van der Waals surface area contributed by atoms with Gasteiger partial charge in [-0.25, -0.2) is 4.68 Å². The molecule has 1 unspecified atom stereocenters. The van der Waals surface area contributed by atoms with Crippen LogP contribution >= 0.6 is 0 Å². The summed E-state index contributed by atoms with van der Waals surface area (Å²) in [5.74, 6) is -1.58. The van der Waals surface area contributed by atoms with Crippen molar-refractivity contribution in [1.82, 2.24) is 46.1 Å². The molecule has 0 radical (unpaired) electrons. The van der Waals surface area contributed by atoms with Crippen molar-refractivity contribution in [2.45, 2.75) is 191 Å². The maximum atomic E-state index is 14.5. The minimum atomic E-state index is -0.786. The number of nitrogens with zero attached hydrogens (tertiary/aromatic N) is 5. The van der Waals surface area contributed by atoms with Crippen LogP contribution in [0.2, 0.25) is 0 Å². The Morgan fingerprint density at radius 1 is 0.667 bits per heavy atom. The number of aryl methyl sites for hydroxylation is 1. The van der Waals surface area contributed by atoms with Gasteiger partial charge >= 0.3 is 0 Å². The van der Waals surface area contributed by atoms with Gasteiger partial charge in [0, 0.05) is 23.9 Å². The highest BCUT2D eigenvalue weighted by Crippen LogP contribution is 2.37. The number of hydrogen-bond acceptors (Lipinski definition) is 9. The number of rotatable bonds is 16. The molecule has 4 fully saturated rings. The molecule has 16 nitrogen and oxygen atoms in total. The molecule has 69 heavy (non-hydrogen) atoms. The van der Waals surface area contributed by atoms with E-state index in [1.54, 1.807) is 9.80 Å². The summed E-state index contributed by atoms with van der Waals surface area (Å²) in [7, 11) is 0. The Labute approximate surface area is 406 Å². The average Bonchev–Trinajstić information content (AvgIpc) is 4.13. The van der Waals surface area contributed by atoms with E-state index in [0.29, 0.717) is 63.5 Å². The van der Waals surface area contributed by atoms with Crippen molar-refractivity contribution in [3.8, 4) is 0 Å². The lowest BCUT2D eigenvalue weighted by atomic mass is 9.87. The fraction of sp³-hybridized carbons (Fsp3) is 0.623. The van der Waals surface area contributed by atoms with Gasteiger partial charge in [0.1, 0.15) is 29.9 Å². The Kier molecular flexibility index (Phi) is 16.5. The molecule has 4 saturated heterocycles. The van der Waals surface area contributed by atoms with E-state index in [0.717, 1.165) is 56.1 Å². The highest BCUT2D eigenvalue weighted by molar-refractivity contribution is 5.94. The number of carbonyl (C=O) groups is 6. The van der Waals surface area contributed by atoms with Gasteiger partial charge in [0.2, 0.25) is 35.4 Å². The zero-order valence-corrected chi connectivity index (χ0v) is 40.9. The van der Waals surface area contributed by atoms with Crippen LogP contribution in [-0.4, -0.2) is 103 Å². The monoisotopic (exact) mass is 948 g/mol. The molecule has 8 rings (SSSR count). The number of ether oxygens (including phenoxy) is 1. The fourth-order valence-electron chi connectivity index (χ4n) is 11.3. The van der Waals surface area contributed by atoms with Crippen molar-refractivity contribution in [2.24, 2.45) is 11.8 Å². The number of carbonyl (C=O) groups excluding carboxylic acids is 6. The van der Waals surface area contributed by atoms with Crippen LogP contribution in [0.25, 0.3) is 0 Å². The standard InChI is InChI=1S/C53H73N9O7/c1-5-33(3)48(63)55-43-21-13-11-19-38-24-27-46(61(38)52(43)67)51(66)57-45(36-16-8-7-9-17-36)32-69-31-37-30-60(59-58-37)39-23-26-44(56-49(64)34(4)6-2)53(68)62-40(29-39)25-28-47(62)50(65)54-42-22-14-18-35-15-10-12-20-41(35)42/h7-10,12,15-17,20,30,33-34,38-40,42-47H,5-6,11,13-14,18-19,21-29,31-32H2,1-4H3,(H,54,65)(H,55,63)(H,56,64)(H,57,66)/t33-,34-,38+,39-,40-,42-,43+,44+,45-,46?,47+/m1/s1. The molecule has 4 aliphatic heterocycles. The Morgan fingerprint density at radius 3 is 2.00 bits per heavy atom. The van der Waals surface area contributed by atoms with Crippen LogP contribution in [0.3, 0.4) is 0 Å². The minimum Gasteiger partial charge on any atom is -0.373 e. The molecule has 11 atom stereocenters. The molecule has 0 saturated carbocycles. The molecule has 372 valence electrons. The summed E-state index contributed by atoms with van der Waals surface area (Å²) in [6, 6.07) is 14.0. The van der Waals surface area contributed by atoms with Crippen LogP contribution in [0.4, 0.5) is 0 Å². The summed E-state index contributed by atoms with van der Waals surface area (Å²) in [6.45, 7) is 7.87. The Balaban J connectivity index is 0.935. The van der Waals surface area contributed by atoms with Gasteiger partial charge in [0.05, 0.1) is 37.5 Å². The van der Waals surface area contributed by atoms with Crippen LogP contribution in [0.1, 0.15) is 165 Å². The molecule has 6 amide bonds. The van der Waals surface area contributed by atoms with Gasteiger partial charge in [-0.1, -0.05) is 100 Å². The van der Waals surface area contributed by atoms with Gasteiger partial charge in [0.25, 0.3) is 0 Å². The van der Waals surface area contributed by atoms with Gasteiger partial charge in [-0.15, -0.1) is 5.10 Å². The summed E-state index contributed by atoms with van der Waals surface area (Å²) < 4.78 is 8.13. The second kappa shape index (κ2) is 22.9. The van der Waals surface area contributed by atoms with E-state index >= 15 is 0 Å². The van der Waals surface area contributed by atoms with E-state index in [2.05, 4.69) is 43.7 Å². The highest BCUT2D eigenvalue weighted by Gasteiger charge is 2.47. The summed E-state index contributed by atoms with van der Waals surface area (Å²) in [6.07, 6.45) is 13.1. The van der Waals surface area contributed by atoms with Crippen LogP contribution in [0.5, 0.6) is 0 Å². The van der Waals surface area contributed by atoms with E-state index in [1.807, 2.05) is 81.0 Å². The first kappa shape index (κ1) is 49.8. The molecular weight excluding hydrogens is 875 g/mol. The van der Waals surface area contributed by atoms with Crippen molar-refractivity contribution < 1.29 is 33.5 Å². The third kappa shape index (κ3) is 11.5. The van der Waals surface area contributed by atoms with Gasteiger partial charge in [-0.05, 0) is 107 Å². The van der Waals surface area contributed by atoms with Crippen molar-refractivity contribution in [3.05, 3.63) is 83.2 Å². The zero-order valence-electron chi connectivity index (χ0n) is 40.9. The normalized spacial score (nSPS) is 27.2. The Bertz CT molecular complexity index is 2290. The lowest BCUT2D eigenvalue weighted by Crippen LogP contribution is -2.57. The van der Waals surface area contributed by atoms with Gasteiger partial charge in [0.15, 0.2) is 0 Å². The summed E-state index contributed by atoms with van der Waals surface area (Å²) in [4.78, 5) is 86.8. The molecule has 0 spiro atoms. The average molecular weight is 948 g/mol. The number of hydrogen-bond donors (Lipinski definition) is 4. The smallest absolute Gasteiger partial charge is 0.246 e. The maximum Gasteiger partial charge on any atom is 0.246 e. The molecule has 5 heterocycles. The first-order chi connectivity index (χ1) is 33.4. The SMILES string of the molecule is CC[C@@H](C)C(=O)N[C@H]1CCCC[C@H]2CCC(C(=O)N[C@H](COCc3cn([C@@H]4CC[C@H](NC(=O)[C@H](C)CC)C(=O)N5[C@H](CC[C@H]5C(=O)N[C@@H]5CCCc6ccccc65)C4)nn3)c3ccccc3)N2C1=O. The maximum absolute atomic E-state index is 14.5. The minimum absolute atomic E-state index is 0.0546. The summed E-state index contributed by atoms with van der Waals surface area (Å²) in [5.41, 5.74) is 3.84. The van der Waals surface area contributed by atoms with Gasteiger partial charge in [-0.3, -0.25) is 28.8 Å². The number of aromatic nitrogens is 3. The predicted molar refractivity (Wildman–Crippen MR) is 259 cm³/mol.